The molecule has 2 aromatic heterocycles. The molecule has 5 rings (SSSR count). The van der Waals surface area contributed by atoms with E-state index in [0.29, 0.717) is 25.4 Å². The summed E-state index contributed by atoms with van der Waals surface area (Å²) in [5, 5.41) is 18.1. The lowest BCUT2D eigenvalue weighted by molar-refractivity contribution is 0.0611. The molecule has 0 radical (unpaired) electrons. The highest BCUT2D eigenvalue weighted by atomic mass is 16.5. The summed E-state index contributed by atoms with van der Waals surface area (Å²) in [6, 6.07) is 0.0852. The molecule has 0 aromatic carbocycles. The summed E-state index contributed by atoms with van der Waals surface area (Å²) in [7, 11) is 2.06. The quantitative estimate of drug-likeness (QED) is 0.745. The Morgan fingerprint density at radius 2 is 2.06 bits per heavy atom. The molecule has 1 saturated heterocycles. The van der Waals surface area contributed by atoms with Gasteiger partial charge in [-0.2, -0.15) is 9.61 Å². The summed E-state index contributed by atoms with van der Waals surface area (Å²) < 4.78 is 8.48. The van der Waals surface area contributed by atoms with Gasteiger partial charge in [0.05, 0.1) is 6.20 Å². The van der Waals surface area contributed by atoms with Gasteiger partial charge in [0.15, 0.2) is 5.56 Å². The van der Waals surface area contributed by atoms with E-state index in [9.17, 15) is 14.7 Å². The molecule has 1 amide bonds. The van der Waals surface area contributed by atoms with Crippen LogP contribution in [0.25, 0.3) is 11.2 Å². The summed E-state index contributed by atoms with van der Waals surface area (Å²) in [5.74, 6) is -0.649. The van der Waals surface area contributed by atoms with Crippen LogP contribution in [0.15, 0.2) is 17.1 Å². The zero-order valence-corrected chi connectivity index (χ0v) is 17.8. The minimum absolute atomic E-state index is 0.0852. The monoisotopic (exact) mass is 427 g/mol. The largest absolute Gasteiger partial charge is 0.492 e. The van der Waals surface area contributed by atoms with Gasteiger partial charge in [-0.3, -0.25) is 14.2 Å². The van der Waals surface area contributed by atoms with E-state index >= 15 is 0 Å². The van der Waals surface area contributed by atoms with E-state index in [1.54, 1.807) is 10.8 Å². The first kappa shape index (κ1) is 20.3. The molecule has 31 heavy (non-hydrogen) atoms. The molecule has 9 heteroatoms. The summed E-state index contributed by atoms with van der Waals surface area (Å²) in [4.78, 5) is 28.6. The Morgan fingerprint density at radius 3 is 2.77 bits per heavy atom. The Bertz CT molecular complexity index is 1090. The normalized spacial score (nSPS) is 20.7. The highest BCUT2D eigenvalue weighted by Gasteiger charge is 2.31. The number of fused-ring (bicyclic) bond motifs is 1. The van der Waals surface area contributed by atoms with Crippen LogP contribution in [0.2, 0.25) is 0 Å². The minimum atomic E-state index is -0.527. The second-order valence-corrected chi connectivity index (χ2v) is 8.97. The number of amides is 1. The molecule has 9 nitrogen and oxygen atoms in total. The van der Waals surface area contributed by atoms with E-state index in [0.717, 1.165) is 56.3 Å². The summed E-state index contributed by atoms with van der Waals surface area (Å²) in [6.07, 6.45) is 8.31. The Kier molecular flexibility index (Phi) is 5.31. The highest BCUT2D eigenvalue weighted by Crippen LogP contribution is 2.29. The fourth-order valence-electron chi connectivity index (χ4n) is 4.55. The molecular formula is C22H29N5O4. The second-order valence-electron chi connectivity index (χ2n) is 8.97. The number of ether oxygens (including phenoxy) is 1. The van der Waals surface area contributed by atoms with Gasteiger partial charge in [-0.05, 0) is 50.6 Å². The van der Waals surface area contributed by atoms with Crippen LogP contribution < -0.4 is 10.9 Å². The first-order chi connectivity index (χ1) is 15.0. The molecule has 2 N–H and O–H groups in total. The van der Waals surface area contributed by atoms with Crippen LogP contribution in [0.4, 0.5) is 0 Å². The molecule has 166 valence electrons. The van der Waals surface area contributed by atoms with Crippen LogP contribution in [0, 0.1) is 5.92 Å². The molecule has 4 heterocycles. The van der Waals surface area contributed by atoms with E-state index in [1.165, 1.54) is 4.52 Å². The van der Waals surface area contributed by atoms with Crippen LogP contribution in [-0.2, 0) is 11.3 Å². The average molecular weight is 428 g/mol. The number of carbonyl (C=O) groups excluding carboxylic acids is 1. The number of aromatic hydroxyl groups is 1. The molecular weight excluding hydrogens is 398 g/mol. The Hall–Kier alpha value is -2.65. The molecule has 1 saturated carbocycles. The molecule has 0 spiro atoms. The molecule has 2 fully saturated rings. The van der Waals surface area contributed by atoms with E-state index in [1.807, 2.05) is 0 Å². The SMILES string of the molecule is CN1CCC=C(c2cnn3c(O)c(C(=O)NC4CC4)c(=O)n(CC4CCOCC4)c23)C1. The predicted octanol–water partition coefficient (Wildman–Crippen LogP) is 1.24. The van der Waals surface area contributed by atoms with Gasteiger partial charge in [0.2, 0.25) is 5.88 Å². The first-order valence-electron chi connectivity index (χ1n) is 11.1. The third-order valence-electron chi connectivity index (χ3n) is 6.49. The fourth-order valence-corrected chi connectivity index (χ4v) is 4.55. The van der Waals surface area contributed by atoms with Crippen molar-refractivity contribution in [2.45, 2.75) is 44.7 Å². The Labute approximate surface area is 180 Å². The number of hydrogen-bond donors (Lipinski definition) is 2. The fraction of sp³-hybridized carbons (Fsp3) is 0.591. The molecule has 3 aliphatic rings. The van der Waals surface area contributed by atoms with Crippen LogP contribution in [-0.4, -0.2) is 69.5 Å². The standard InChI is InChI=1S/C22H29N5O4/c1-25-8-2-3-15(13-25)17-11-23-27-20(17)26(12-14-6-9-31-10-7-14)21(29)18(22(27)30)19(28)24-16-4-5-16/h3,11,14,16,30H,2,4-10,12-13H2,1H3,(H,24,28). The number of nitrogens with zero attached hydrogens (tertiary/aromatic N) is 4. The van der Waals surface area contributed by atoms with Gasteiger partial charge >= 0.3 is 0 Å². The van der Waals surface area contributed by atoms with Gasteiger partial charge in [0.25, 0.3) is 11.5 Å². The van der Waals surface area contributed by atoms with Crippen molar-refractivity contribution < 1.29 is 14.6 Å². The molecule has 0 atom stereocenters. The molecule has 0 bridgehead atoms. The maximum absolute atomic E-state index is 13.6. The molecule has 0 unspecified atom stereocenters. The van der Waals surface area contributed by atoms with E-state index in [-0.39, 0.29) is 17.5 Å². The van der Waals surface area contributed by atoms with E-state index < -0.39 is 17.3 Å². The van der Waals surface area contributed by atoms with Crippen LogP contribution in [0.1, 0.15) is 48.0 Å². The lowest BCUT2D eigenvalue weighted by atomic mass is 9.99. The van der Waals surface area contributed by atoms with Crippen molar-refractivity contribution in [1.29, 1.82) is 0 Å². The lowest BCUT2D eigenvalue weighted by Crippen LogP contribution is -2.37. The van der Waals surface area contributed by atoms with Crippen molar-refractivity contribution >= 4 is 17.1 Å². The summed E-state index contributed by atoms with van der Waals surface area (Å²) in [5.41, 5.74) is 1.79. The Morgan fingerprint density at radius 1 is 1.29 bits per heavy atom. The average Bonchev–Trinajstić information content (AvgIpc) is 3.46. The van der Waals surface area contributed by atoms with Crippen LogP contribution >= 0.6 is 0 Å². The molecule has 2 aromatic rings. The Balaban J connectivity index is 1.66. The van der Waals surface area contributed by atoms with Gasteiger partial charge in [0, 0.05) is 44.5 Å². The third-order valence-corrected chi connectivity index (χ3v) is 6.49. The summed E-state index contributed by atoms with van der Waals surface area (Å²) >= 11 is 0. The molecule has 1 aliphatic carbocycles. The molecule has 2 aliphatic heterocycles. The number of nitrogens with one attached hydrogen (secondary N) is 1. The first-order valence-corrected chi connectivity index (χ1v) is 11.1. The van der Waals surface area contributed by atoms with Gasteiger partial charge in [-0.1, -0.05) is 6.08 Å². The maximum Gasteiger partial charge on any atom is 0.270 e. The van der Waals surface area contributed by atoms with Crippen molar-refractivity contribution in [1.82, 2.24) is 24.4 Å². The van der Waals surface area contributed by atoms with Crippen molar-refractivity contribution in [2.75, 3.05) is 33.4 Å². The topological polar surface area (TPSA) is 101 Å². The number of aromatic nitrogens is 3. The van der Waals surface area contributed by atoms with Crippen molar-refractivity contribution in [3.05, 3.63) is 33.8 Å². The van der Waals surface area contributed by atoms with Gasteiger partial charge in [-0.15, -0.1) is 0 Å². The van der Waals surface area contributed by atoms with Gasteiger partial charge < -0.3 is 20.1 Å². The van der Waals surface area contributed by atoms with Crippen LogP contribution in [0.3, 0.4) is 0 Å². The maximum atomic E-state index is 13.6. The summed E-state index contributed by atoms with van der Waals surface area (Å²) in [6.45, 7) is 3.54. The van der Waals surface area contributed by atoms with Gasteiger partial charge in [-0.25, -0.2) is 0 Å². The van der Waals surface area contributed by atoms with Gasteiger partial charge in [0.1, 0.15) is 5.65 Å². The van der Waals surface area contributed by atoms with E-state index in [4.69, 9.17) is 4.74 Å². The predicted molar refractivity (Wildman–Crippen MR) is 115 cm³/mol. The van der Waals surface area contributed by atoms with E-state index in [2.05, 4.69) is 28.4 Å². The number of rotatable bonds is 5. The second kappa shape index (κ2) is 8.12. The number of carbonyl (C=O) groups is 1. The van der Waals surface area contributed by atoms with Crippen LogP contribution in [0.5, 0.6) is 5.88 Å². The third kappa shape index (κ3) is 3.87. The number of likely N-dealkylation sites (N-methyl/N-ethyl adjacent to an activating group) is 1. The minimum Gasteiger partial charge on any atom is -0.492 e. The lowest BCUT2D eigenvalue weighted by Gasteiger charge is -2.25. The smallest absolute Gasteiger partial charge is 0.270 e. The van der Waals surface area contributed by atoms with Crippen molar-refractivity contribution in [2.24, 2.45) is 5.92 Å². The highest BCUT2D eigenvalue weighted by molar-refractivity contribution is 5.97. The van der Waals surface area contributed by atoms with Crippen molar-refractivity contribution in [3.63, 3.8) is 0 Å². The van der Waals surface area contributed by atoms with Crippen molar-refractivity contribution in [3.8, 4) is 5.88 Å². The zero-order chi connectivity index (χ0) is 21.5. The number of hydrogen-bond acceptors (Lipinski definition) is 6. The zero-order valence-electron chi connectivity index (χ0n) is 17.8.